The van der Waals surface area contributed by atoms with Crippen molar-refractivity contribution in [3.05, 3.63) is 71.5 Å². The highest BCUT2D eigenvalue weighted by atomic mass is 16.5. The van der Waals surface area contributed by atoms with Crippen LogP contribution in [0.25, 0.3) is 0 Å². The number of aromatic hydroxyl groups is 1. The van der Waals surface area contributed by atoms with E-state index in [2.05, 4.69) is 10.5 Å². The van der Waals surface area contributed by atoms with Gasteiger partial charge in [0.25, 0.3) is 5.91 Å². The van der Waals surface area contributed by atoms with Crippen molar-refractivity contribution in [1.82, 2.24) is 5.16 Å². The Morgan fingerprint density at radius 3 is 2.54 bits per heavy atom. The Morgan fingerprint density at radius 2 is 1.89 bits per heavy atom. The number of ether oxygens (including phenoxy) is 2. The number of carbonyl (C=O) groups excluding carboxylic acids is 2. The first-order chi connectivity index (χ1) is 13.5. The number of rotatable bonds is 6. The summed E-state index contributed by atoms with van der Waals surface area (Å²) in [6.45, 7) is 1.68. The molecule has 0 saturated carbocycles. The molecule has 0 aliphatic heterocycles. The molecule has 8 nitrogen and oxygen atoms in total. The predicted molar refractivity (Wildman–Crippen MR) is 99.1 cm³/mol. The second-order valence-corrected chi connectivity index (χ2v) is 5.89. The molecule has 0 saturated heterocycles. The number of carbonyl (C=O) groups is 2. The van der Waals surface area contributed by atoms with Crippen LogP contribution in [0.2, 0.25) is 0 Å². The normalized spacial score (nSPS) is 11.5. The highest BCUT2D eigenvalue weighted by molar-refractivity contribution is 5.98. The number of methoxy groups -OCH3 is 1. The Hall–Kier alpha value is -3.81. The van der Waals surface area contributed by atoms with Gasteiger partial charge in [-0.2, -0.15) is 0 Å². The topological polar surface area (TPSA) is 111 Å². The number of amides is 1. The van der Waals surface area contributed by atoms with Crippen LogP contribution >= 0.6 is 0 Å². The fraction of sp³-hybridized carbons (Fsp3) is 0.150. The molecule has 144 valence electrons. The van der Waals surface area contributed by atoms with Crippen molar-refractivity contribution in [2.75, 3.05) is 12.4 Å². The van der Waals surface area contributed by atoms with Gasteiger partial charge in [0.1, 0.15) is 22.8 Å². The number of hydrogen-bond donors (Lipinski definition) is 2. The number of anilines is 1. The fourth-order valence-electron chi connectivity index (χ4n) is 2.49. The first-order valence-corrected chi connectivity index (χ1v) is 8.35. The molecule has 2 aromatic carbocycles. The van der Waals surface area contributed by atoms with Gasteiger partial charge in [-0.15, -0.1) is 0 Å². The summed E-state index contributed by atoms with van der Waals surface area (Å²) in [7, 11) is 1.43. The van der Waals surface area contributed by atoms with Gasteiger partial charge in [-0.3, -0.25) is 4.79 Å². The molecule has 3 rings (SSSR count). The third-order valence-electron chi connectivity index (χ3n) is 3.87. The van der Waals surface area contributed by atoms with Gasteiger partial charge in [0.2, 0.25) is 6.10 Å². The molecule has 28 heavy (non-hydrogen) atoms. The quantitative estimate of drug-likeness (QED) is 0.630. The van der Waals surface area contributed by atoms with Gasteiger partial charge >= 0.3 is 5.97 Å². The van der Waals surface area contributed by atoms with Crippen LogP contribution in [0.15, 0.2) is 59.1 Å². The van der Waals surface area contributed by atoms with Crippen molar-refractivity contribution in [3.63, 3.8) is 0 Å². The van der Waals surface area contributed by atoms with Gasteiger partial charge in [-0.25, -0.2) is 4.79 Å². The van der Waals surface area contributed by atoms with Gasteiger partial charge in [0, 0.05) is 11.6 Å². The van der Waals surface area contributed by atoms with Crippen LogP contribution in [0.5, 0.6) is 11.5 Å². The van der Waals surface area contributed by atoms with Gasteiger partial charge in [0.05, 0.1) is 7.11 Å². The smallest absolute Gasteiger partial charge is 0.343 e. The minimum atomic E-state index is -1.27. The number of phenols is 1. The molecule has 1 aromatic heterocycles. The van der Waals surface area contributed by atoms with Crippen molar-refractivity contribution in [2.24, 2.45) is 0 Å². The van der Waals surface area contributed by atoms with Crippen molar-refractivity contribution < 1.29 is 28.7 Å². The minimum Gasteiger partial charge on any atom is -0.507 e. The Morgan fingerprint density at radius 1 is 1.14 bits per heavy atom. The van der Waals surface area contributed by atoms with Crippen molar-refractivity contribution in [1.29, 1.82) is 0 Å². The minimum absolute atomic E-state index is 0.120. The molecule has 0 spiro atoms. The zero-order chi connectivity index (χ0) is 20.1. The second-order valence-electron chi connectivity index (χ2n) is 5.89. The highest BCUT2D eigenvalue weighted by Gasteiger charge is 2.27. The van der Waals surface area contributed by atoms with E-state index in [9.17, 15) is 14.7 Å². The molecule has 3 aromatic rings. The van der Waals surface area contributed by atoms with Crippen molar-refractivity contribution in [3.8, 4) is 11.5 Å². The average molecular weight is 382 g/mol. The fourth-order valence-corrected chi connectivity index (χ4v) is 2.49. The lowest BCUT2D eigenvalue weighted by Crippen LogP contribution is -2.26. The molecular weight excluding hydrogens is 364 g/mol. The monoisotopic (exact) mass is 382 g/mol. The average Bonchev–Trinajstić information content (AvgIpc) is 3.11. The van der Waals surface area contributed by atoms with E-state index in [4.69, 9.17) is 14.0 Å². The maximum atomic E-state index is 12.7. The largest absolute Gasteiger partial charge is 0.507 e. The van der Waals surface area contributed by atoms with E-state index < -0.39 is 18.0 Å². The Kier molecular flexibility index (Phi) is 5.59. The Balaban J connectivity index is 1.87. The van der Waals surface area contributed by atoms with Crippen LogP contribution in [0.4, 0.5) is 5.82 Å². The molecule has 1 atom stereocenters. The molecule has 0 radical (unpaired) electrons. The summed E-state index contributed by atoms with van der Waals surface area (Å²) in [5.74, 6) is -0.700. The summed E-state index contributed by atoms with van der Waals surface area (Å²) in [6, 6.07) is 14.2. The van der Waals surface area contributed by atoms with Crippen molar-refractivity contribution in [2.45, 2.75) is 13.0 Å². The van der Waals surface area contributed by atoms with E-state index >= 15 is 0 Å². The SMILES string of the molecule is COc1ccc(O)c(C(=O)OC(C(=O)Nc2cc(C)on2)c2ccccc2)c1. The molecule has 0 aliphatic carbocycles. The molecule has 0 aliphatic rings. The number of nitrogens with one attached hydrogen (secondary N) is 1. The number of benzene rings is 2. The maximum Gasteiger partial charge on any atom is 0.343 e. The Bertz CT molecular complexity index is 983. The zero-order valence-electron chi connectivity index (χ0n) is 15.2. The predicted octanol–water partition coefficient (Wildman–Crippen LogP) is 3.23. The van der Waals surface area contributed by atoms with Gasteiger partial charge in [-0.05, 0) is 25.1 Å². The third kappa shape index (κ3) is 4.29. The van der Waals surface area contributed by atoms with E-state index in [1.54, 1.807) is 37.3 Å². The van der Waals surface area contributed by atoms with E-state index in [-0.39, 0.29) is 17.1 Å². The van der Waals surface area contributed by atoms with E-state index in [1.807, 2.05) is 0 Å². The van der Waals surface area contributed by atoms with Gasteiger partial charge in [0.15, 0.2) is 5.82 Å². The van der Waals surface area contributed by atoms with Crippen LogP contribution in [0.3, 0.4) is 0 Å². The summed E-state index contributed by atoms with van der Waals surface area (Å²) < 4.78 is 15.4. The standard InChI is InChI=1S/C20H18N2O6/c1-12-10-17(22-28-12)21-19(24)18(13-6-4-3-5-7-13)27-20(25)15-11-14(26-2)8-9-16(15)23/h3-11,18,23H,1-2H3,(H,21,22,24). The van der Waals surface area contributed by atoms with Crippen LogP contribution in [0, 0.1) is 6.92 Å². The lowest BCUT2D eigenvalue weighted by Gasteiger charge is -2.18. The van der Waals surface area contributed by atoms with E-state index in [1.165, 1.54) is 31.4 Å². The molecular formula is C20H18N2O6. The summed E-state index contributed by atoms with van der Waals surface area (Å²) in [5, 5.41) is 16.2. The molecule has 8 heteroatoms. The van der Waals surface area contributed by atoms with Crippen LogP contribution in [-0.4, -0.2) is 29.2 Å². The summed E-state index contributed by atoms with van der Waals surface area (Å²) >= 11 is 0. The molecule has 1 unspecified atom stereocenters. The number of hydrogen-bond acceptors (Lipinski definition) is 7. The van der Waals surface area contributed by atoms with Crippen LogP contribution in [0.1, 0.15) is 27.8 Å². The second kappa shape index (κ2) is 8.26. The summed E-state index contributed by atoms with van der Waals surface area (Å²) in [5.41, 5.74) is 0.335. The molecule has 0 fully saturated rings. The zero-order valence-corrected chi connectivity index (χ0v) is 15.2. The summed E-state index contributed by atoms with van der Waals surface area (Å²) in [4.78, 5) is 25.4. The number of nitrogens with zero attached hydrogens (tertiary/aromatic N) is 1. The number of aryl methyl sites for hydroxylation is 1. The van der Waals surface area contributed by atoms with Crippen LogP contribution in [-0.2, 0) is 9.53 Å². The molecule has 1 heterocycles. The molecule has 2 N–H and O–H groups in total. The first kappa shape index (κ1) is 19.0. The van der Waals surface area contributed by atoms with Crippen molar-refractivity contribution >= 4 is 17.7 Å². The number of aromatic nitrogens is 1. The Labute approximate surface area is 160 Å². The highest BCUT2D eigenvalue weighted by Crippen LogP contribution is 2.27. The van der Waals surface area contributed by atoms with E-state index in [0.717, 1.165) is 0 Å². The van der Waals surface area contributed by atoms with E-state index in [0.29, 0.717) is 17.1 Å². The number of esters is 1. The molecule has 0 bridgehead atoms. The van der Waals surface area contributed by atoms with Gasteiger partial charge < -0.3 is 24.4 Å². The van der Waals surface area contributed by atoms with Gasteiger partial charge in [-0.1, -0.05) is 35.5 Å². The third-order valence-corrected chi connectivity index (χ3v) is 3.87. The summed E-state index contributed by atoms with van der Waals surface area (Å²) in [6.07, 6.45) is -1.27. The maximum absolute atomic E-state index is 12.7. The molecule has 1 amide bonds. The first-order valence-electron chi connectivity index (χ1n) is 8.35. The lowest BCUT2D eigenvalue weighted by atomic mass is 10.1. The number of phenolic OH excluding ortho intramolecular Hbond substituents is 1. The van der Waals surface area contributed by atoms with Crippen LogP contribution < -0.4 is 10.1 Å². The lowest BCUT2D eigenvalue weighted by molar-refractivity contribution is -0.125.